The fourth-order valence-electron chi connectivity index (χ4n) is 4.40. The first-order chi connectivity index (χ1) is 14.2. The van der Waals surface area contributed by atoms with Gasteiger partial charge in [-0.05, 0) is 56.5 Å². The van der Waals surface area contributed by atoms with Crippen molar-refractivity contribution in [3.8, 4) is 11.6 Å². The molecule has 0 bridgehead atoms. The van der Waals surface area contributed by atoms with E-state index < -0.39 is 0 Å². The van der Waals surface area contributed by atoms with Gasteiger partial charge in [0.2, 0.25) is 5.88 Å². The number of aromatic nitrogens is 5. The fourth-order valence-corrected chi connectivity index (χ4v) is 4.60. The van der Waals surface area contributed by atoms with E-state index >= 15 is 0 Å². The molecule has 0 N–H and O–H groups in total. The maximum atomic E-state index is 6.27. The Balaban J connectivity index is 1.38. The summed E-state index contributed by atoms with van der Waals surface area (Å²) in [4.78, 5) is 10.4. The second-order valence-corrected chi connectivity index (χ2v) is 8.33. The molecule has 0 atom stereocenters. The van der Waals surface area contributed by atoms with Crippen LogP contribution in [0.1, 0.15) is 48.8 Å². The van der Waals surface area contributed by atoms with Gasteiger partial charge < -0.3 is 4.74 Å². The number of fused-ring (bicyclic) bond motifs is 3. The number of hydrogen-bond donors (Lipinski definition) is 0. The average Bonchev–Trinajstić information content (AvgIpc) is 3.06. The van der Waals surface area contributed by atoms with Crippen LogP contribution in [0.2, 0.25) is 5.02 Å². The number of hydrogen-bond acceptors (Lipinski definition) is 6. The van der Waals surface area contributed by atoms with Crippen molar-refractivity contribution in [2.75, 3.05) is 7.05 Å². The summed E-state index contributed by atoms with van der Waals surface area (Å²) in [6, 6.07) is 7.91. The molecule has 29 heavy (non-hydrogen) atoms. The third kappa shape index (κ3) is 3.72. The third-order valence-electron chi connectivity index (χ3n) is 5.77. The highest BCUT2D eigenvalue weighted by Gasteiger charge is 2.30. The molecule has 8 heteroatoms. The lowest BCUT2D eigenvalue weighted by molar-refractivity contribution is 0.138. The van der Waals surface area contributed by atoms with E-state index in [1.54, 1.807) is 6.20 Å². The molecule has 0 saturated heterocycles. The normalized spacial score (nSPS) is 21.9. The Morgan fingerprint density at radius 1 is 1.07 bits per heavy atom. The van der Waals surface area contributed by atoms with E-state index in [9.17, 15) is 0 Å². The molecular weight excluding hydrogens is 388 g/mol. The summed E-state index contributed by atoms with van der Waals surface area (Å²) >= 11 is 6.27. The predicted molar refractivity (Wildman–Crippen MR) is 109 cm³/mol. The molecule has 1 saturated carbocycles. The van der Waals surface area contributed by atoms with E-state index in [4.69, 9.17) is 16.3 Å². The van der Waals surface area contributed by atoms with E-state index in [1.165, 1.54) is 11.9 Å². The Bertz CT molecular complexity index is 1000. The summed E-state index contributed by atoms with van der Waals surface area (Å²) in [6.45, 7) is 1.61. The quantitative estimate of drug-likeness (QED) is 0.654. The molecule has 1 aliphatic heterocycles. The van der Waals surface area contributed by atoms with Gasteiger partial charge in [0.15, 0.2) is 5.82 Å². The second kappa shape index (κ2) is 7.72. The topological polar surface area (TPSA) is 69.0 Å². The molecule has 1 aromatic carbocycles. The summed E-state index contributed by atoms with van der Waals surface area (Å²) in [5.41, 5.74) is 2.36. The van der Waals surface area contributed by atoms with Gasteiger partial charge in [-0.15, -0.1) is 10.2 Å². The van der Waals surface area contributed by atoms with Crippen LogP contribution in [-0.4, -0.2) is 42.8 Å². The molecule has 0 spiro atoms. The molecule has 2 aliphatic rings. The Morgan fingerprint density at radius 3 is 2.72 bits per heavy atom. The average molecular weight is 411 g/mol. The van der Waals surface area contributed by atoms with Gasteiger partial charge in [0.1, 0.15) is 18.3 Å². The predicted octanol–water partition coefficient (Wildman–Crippen LogP) is 3.76. The lowest BCUT2D eigenvalue weighted by Crippen LogP contribution is -2.25. The van der Waals surface area contributed by atoms with Crippen molar-refractivity contribution < 1.29 is 4.74 Å². The van der Waals surface area contributed by atoms with Crippen molar-refractivity contribution in [3.05, 3.63) is 59.0 Å². The van der Waals surface area contributed by atoms with Crippen LogP contribution in [0, 0.1) is 0 Å². The largest absolute Gasteiger partial charge is 0.474 e. The zero-order valence-corrected chi connectivity index (χ0v) is 17.1. The van der Waals surface area contributed by atoms with Crippen molar-refractivity contribution in [2.24, 2.45) is 0 Å². The zero-order valence-electron chi connectivity index (χ0n) is 16.3. The summed E-state index contributed by atoms with van der Waals surface area (Å²) < 4.78 is 8.28. The lowest BCUT2D eigenvalue weighted by atomic mass is 9.86. The SMILES string of the molecule is CN1Cc2cc(Cl)ccc2-n2c(nnc2C2CCC(Oc3ccncn3)CC2)C1. The van der Waals surface area contributed by atoms with E-state index in [0.717, 1.165) is 61.1 Å². The Labute approximate surface area is 174 Å². The number of nitrogens with zero attached hydrogens (tertiary/aromatic N) is 6. The van der Waals surface area contributed by atoms with Crippen LogP contribution in [0.4, 0.5) is 0 Å². The monoisotopic (exact) mass is 410 g/mol. The van der Waals surface area contributed by atoms with Gasteiger partial charge in [0, 0.05) is 29.7 Å². The number of benzene rings is 1. The van der Waals surface area contributed by atoms with Crippen LogP contribution in [-0.2, 0) is 13.1 Å². The van der Waals surface area contributed by atoms with Crippen LogP contribution < -0.4 is 4.74 Å². The van der Waals surface area contributed by atoms with Crippen LogP contribution in [0.5, 0.6) is 5.88 Å². The van der Waals surface area contributed by atoms with Crippen molar-refractivity contribution in [1.82, 2.24) is 29.6 Å². The summed E-state index contributed by atoms with van der Waals surface area (Å²) in [7, 11) is 2.10. The molecule has 1 fully saturated rings. The maximum Gasteiger partial charge on any atom is 0.216 e. The van der Waals surface area contributed by atoms with E-state index in [-0.39, 0.29) is 6.10 Å². The summed E-state index contributed by atoms with van der Waals surface area (Å²) in [5, 5.41) is 9.92. The number of halogens is 1. The molecule has 0 unspecified atom stereocenters. The Hall–Kier alpha value is -2.51. The van der Waals surface area contributed by atoms with Gasteiger partial charge in [0.25, 0.3) is 0 Å². The summed E-state index contributed by atoms with van der Waals surface area (Å²) in [5.74, 6) is 3.06. The van der Waals surface area contributed by atoms with Crippen LogP contribution >= 0.6 is 11.6 Å². The Morgan fingerprint density at radius 2 is 1.93 bits per heavy atom. The standard InChI is InChI=1S/C21H23ClN6O/c1-27-11-15-10-16(22)4-7-18(15)28-19(12-27)25-26-21(28)14-2-5-17(6-3-14)29-20-8-9-23-13-24-20/h4,7-10,13-14,17H,2-3,5-6,11-12H2,1H3. The molecule has 150 valence electrons. The van der Waals surface area contributed by atoms with E-state index in [1.807, 2.05) is 12.1 Å². The molecule has 3 heterocycles. The van der Waals surface area contributed by atoms with Gasteiger partial charge in [-0.1, -0.05) is 11.6 Å². The first-order valence-electron chi connectivity index (χ1n) is 10.0. The van der Waals surface area contributed by atoms with Crippen molar-refractivity contribution >= 4 is 11.6 Å². The highest BCUT2D eigenvalue weighted by atomic mass is 35.5. The Kier molecular flexibility index (Phi) is 4.93. The van der Waals surface area contributed by atoms with Crippen LogP contribution in [0.3, 0.4) is 0 Å². The number of rotatable bonds is 3. The van der Waals surface area contributed by atoms with Gasteiger partial charge >= 0.3 is 0 Å². The van der Waals surface area contributed by atoms with Gasteiger partial charge in [-0.2, -0.15) is 0 Å². The van der Waals surface area contributed by atoms with Crippen molar-refractivity contribution in [1.29, 1.82) is 0 Å². The van der Waals surface area contributed by atoms with Crippen LogP contribution in [0.25, 0.3) is 5.69 Å². The fraction of sp³-hybridized carbons (Fsp3) is 0.429. The van der Waals surface area contributed by atoms with Crippen molar-refractivity contribution in [3.63, 3.8) is 0 Å². The first-order valence-corrected chi connectivity index (χ1v) is 10.4. The smallest absolute Gasteiger partial charge is 0.216 e. The molecule has 1 aliphatic carbocycles. The molecular formula is C21H23ClN6O. The van der Waals surface area contributed by atoms with Crippen LogP contribution in [0.15, 0.2) is 36.8 Å². The summed E-state index contributed by atoms with van der Waals surface area (Å²) in [6.07, 6.45) is 7.41. The minimum Gasteiger partial charge on any atom is -0.474 e. The lowest BCUT2D eigenvalue weighted by Gasteiger charge is -2.28. The minimum absolute atomic E-state index is 0.185. The van der Waals surface area contributed by atoms with Gasteiger partial charge in [-0.3, -0.25) is 9.47 Å². The highest BCUT2D eigenvalue weighted by Crippen LogP contribution is 2.36. The zero-order chi connectivity index (χ0) is 19.8. The van der Waals surface area contributed by atoms with E-state index in [0.29, 0.717) is 11.8 Å². The minimum atomic E-state index is 0.185. The third-order valence-corrected chi connectivity index (χ3v) is 6.01. The second-order valence-electron chi connectivity index (χ2n) is 7.89. The molecule has 7 nitrogen and oxygen atoms in total. The van der Waals surface area contributed by atoms with Gasteiger partial charge in [-0.25, -0.2) is 9.97 Å². The molecule has 3 aromatic rings. The molecule has 0 amide bonds. The highest BCUT2D eigenvalue weighted by molar-refractivity contribution is 6.30. The van der Waals surface area contributed by atoms with E-state index in [2.05, 4.69) is 48.8 Å². The molecule has 5 rings (SSSR count). The molecule has 2 aromatic heterocycles. The molecule has 0 radical (unpaired) electrons. The maximum absolute atomic E-state index is 6.27. The number of ether oxygens (including phenoxy) is 1. The van der Waals surface area contributed by atoms with Crippen molar-refractivity contribution in [2.45, 2.75) is 50.8 Å². The first kappa shape index (κ1) is 18.5. The van der Waals surface area contributed by atoms with Gasteiger partial charge in [0.05, 0.1) is 12.2 Å².